The zero-order valence-corrected chi connectivity index (χ0v) is 8.90. The summed E-state index contributed by atoms with van der Waals surface area (Å²) in [7, 11) is 0. The van der Waals surface area contributed by atoms with E-state index in [-0.39, 0.29) is 11.2 Å². The lowest BCUT2D eigenvalue weighted by Gasteiger charge is -2.09. The first-order valence-corrected chi connectivity index (χ1v) is 4.91. The third-order valence-electron chi connectivity index (χ3n) is 2.52. The molecule has 2 rings (SSSR count). The second-order valence-corrected chi connectivity index (χ2v) is 3.68. The molecule has 0 aliphatic rings. The summed E-state index contributed by atoms with van der Waals surface area (Å²) in [5.74, 6) is -2.49. The van der Waals surface area contributed by atoms with Crippen LogP contribution in [0.3, 0.4) is 0 Å². The number of hydrogen-bond donors (Lipinski definition) is 2. The van der Waals surface area contributed by atoms with Crippen LogP contribution in [0.15, 0.2) is 23.0 Å². The van der Waals surface area contributed by atoms with Gasteiger partial charge in [0.05, 0.1) is 11.4 Å². The maximum Gasteiger partial charge on any atom is 0.345 e. The summed E-state index contributed by atoms with van der Waals surface area (Å²) in [6.45, 7) is 1.44. The van der Waals surface area contributed by atoms with Crippen LogP contribution >= 0.6 is 0 Å². The molecule has 0 aliphatic carbocycles. The van der Waals surface area contributed by atoms with Gasteiger partial charge in [-0.2, -0.15) is 4.98 Å². The number of rotatable bonds is 2. The van der Waals surface area contributed by atoms with E-state index in [2.05, 4.69) is 9.97 Å². The first-order valence-electron chi connectivity index (χ1n) is 4.91. The first-order chi connectivity index (χ1) is 7.99. The number of halogens is 1. The van der Waals surface area contributed by atoms with E-state index in [4.69, 9.17) is 5.11 Å². The highest BCUT2D eigenvalue weighted by Gasteiger charge is 2.18. The summed E-state index contributed by atoms with van der Waals surface area (Å²) in [4.78, 5) is 28.1. The summed E-state index contributed by atoms with van der Waals surface area (Å²) < 4.78 is 13.0. The molecule has 1 atom stereocenters. The highest BCUT2D eigenvalue weighted by Crippen LogP contribution is 2.21. The number of carboxylic acids is 1. The molecule has 1 heterocycles. The predicted octanol–water partition coefficient (Wildman–Crippen LogP) is 1.25. The summed E-state index contributed by atoms with van der Waals surface area (Å²) in [6.07, 6.45) is 0. The van der Waals surface area contributed by atoms with Crippen LogP contribution in [0.1, 0.15) is 18.5 Å². The molecule has 5 nitrogen and oxygen atoms in total. The number of aromatic nitrogens is 2. The Morgan fingerprint density at radius 3 is 2.88 bits per heavy atom. The second-order valence-electron chi connectivity index (χ2n) is 3.68. The standard InChI is InChI=1S/C11H9FN2O3/c1-5(10(15)16)9-7-3-2-6(12)4-8(7)13-11(17)14-9/h2-5H,1H3,(H,15,16)(H,13,14,17). The molecule has 0 saturated carbocycles. The maximum absolute atomic E-state index is 13.0. The van der Waals surface area contributed by atoms with E-state index in [0.717, 1.165) is 6.07 Å². The lowest BCUT2D eigenvalue weighted by atomic mass is 10.0. The normalized spacial score (nSPS) is 12.6. The molecule has 0 bridgehead atoms. The number of nitrogens with zero attached hydrogens (tertiary/aromatic N) is 1. The van der Waals surface area contributed by atoms with E-state index < -0.39 is 23.4 Å². The molecule has 0 aliphatic heterocycles. The third kappa shape index (κ3) is 2.01. The molecular weight excluding hydrogens is 227 g/mol. The molecule has 0 radical (unpaired) electrons. The average molecular weight is 236 g/mol. The Morgan fingerprint density at radius 1 is 1.53 bits per heavy atom. The highest BCUT2D eigenvalue weighted by atomic mass is 19.1. The zero-order valence-electron chi connectivity index (χ0n) is 8.90. The van der Waals surface area contributed by atoms with Crippen LogP contribution in [0.2, 0.25) is 0 Å². The van der Waals surface area contributed by atoms with Gasteiger partial charge < -0.3 is 10.1 Å². The second kappa shape index (κ2) is 3.97. The fourth-order valence-corrected chi connectivity index (χ4v) is 1.61. The Morgan fingerprint density at radius 2 is 2.24 bits per heavy atom. The van der Waals surface area contributed by atoms with E-state index in [1.54, 1.807) is 0 Å². The van der Waals surface area contributed by atoms with Crippen LogP contribution in [0.5, 0.6) is 0 Å². The molecule has 0 fully saturated rings. The van der Waals surface area contributed by atoms with Crippen LogP contribution in [0, 0.1) is 5.82 Å². The Hall–Kier alpha value is -2.24. The largest absolute Gasteiger partial charge is 0.481 e. The number of aliphatic carboxylic acids is 1. The van der Waals surface area contributed by atoms with E-state index in [9.17, 15) is 14.0 Å². The lowest BCUT2D eigenvalue weighted by Crippen LogP contribution is -2.18. The molecule has 1 aromatic carbocycles. The van der Waals surface area contributed by atoms with E-state index in [0.29, 0.717) is 5.39 Å². The fraction of sp³-hybridized carbons (Fsp3) is 0.182. The van der Waals surface area contributed by atoms with Gasteiger partial charge in [0, 0.05) is 17.1 Å². The van der Waals surface area contributed by atoms with Crippen molar-refractivity contribution in [3.05, 3.63) is 40.2 Å². The monoisotopic (exact) mass is 236 g/mol. The number of carboxylic acid groups (broad SMARTS) is 1. The molecule has 0 saturated heterocycles. The molecule has 2 N–H and O–H groups in total. The van der Waals surface area contributed by atoms with Crippen molar-refractivity contribution in [2.24, 2.45) is 0 Å². The van der Waals surface area contributed by atoms with Crippen molar-refractivity contribution in [3.63, 3.8) is 0 Å². The predicted molar refractivity (Wildman–Crippen MR) is 58.4 cm³/mol. The lowest BCUT2D eigenvalue weighted by molar-refractivity contribution is -0.138. The zero-order chi connectivity index (χ0) is 12.6. The van der Waals surface area contributed by atoms with Gasteiger partial charge in [-0.25, -0.2) is 9.18 Å². The smallest absolute Gasteiger partial charge is 0.345 e. The molecule has 0 amide bonds. The number of fused-ring (bicyclic) bond motifs is 1. The van der Waals surface area contributed by atoms with Gasteiger partial charge >= 0.3 is 11.7 Å². The van der Waals surface area contributed by atoms with Gasteiger partial charge in [-0.1, -0.05) is 0 Å². The Balaban J connectivity index is 2.78. The van der Waals surface area contributed by atoms with Crippen LogP contribution in [0.25, 0.3) is 10.9 Å². The number of hydrogen-bond acceptors (Lipinski definition) is 3. The minimum atomic E-state index is -1.07. The number of benzene rings is 1. The van der Waals surface area contributed by atoms with Crippen molar-refractivity contribution < 1.29 is 14.3 Å². The SMILES string of the molecule is CC(C(=O)O)c1[nH]c(=O)nc2cc(F)ccc12. The first kappa shape index (κ1) is 11.3. The van der Waals surface area contributed by atoms with Gasteiger partial charge in [0.2, 0.25) is 0 Å². The minimum Gasteiger partial charge on any atom is -0.481 e. The van der Waals surface area contributed by atoms with Crippen LogP contribution in [-0.2, 0) is 4.79 Å². The molecule has 88 valence electrons. The minimum absolute atomic E-state index is 0.150. The van der Waals surface area contributed by atoms with Crippen LogP contribution in [0.4, 0.5) is 4.39 Å². The summed E-state index contributed by atoms with van der Waals surface area (Å²) >= 11 is 0. The van der Waals surface area contributed by atoms with Gasteiger partial charge in [-0.15, -0.1) is 0 Å². The molecule has 6 heteroatoms. The van der Waals surface area contributed by atoms with Crippen molar-refractivity contribution in [1.82, 2.24) is 9.97 Å². The number of nitrogens with one attached hydrogen (secondary N) is 1. The van der Waals surface area contributed by atoms with Crippen molar-refractivity contribution in [1.29, 1.82) is 0 Å². The third-order valence-corrected chi connectivity index (χ3v) is 2.52. The molecular formula is C11H9FN2O3. The van der Waals surface area contributed by atoms with Crippen molar-refractivity contribution in [2.75, 3.05) is 0 Å². The van der Waals surface area contributed by atoms with Crippen LogP contribution < -0.4 is 5.69 Å². The molecule has 1 unspecified atom stereocenters. The molecule has 2 aromatic rings. The molecule has 1 aromatic heterocycles. The van der Waals surface area contributed by atoms with E-state index in [1.807, 2.05) is 0 Å². The van der Waals surface area contributed by atoms with Gasteiger partial charge in [0.1, 0.15) is 5.82 Å². The Labute approximate surface area is 94.9 Å². The molecule has 0 spiro atoms. The summed E-state index contributed by atoms with van der Waals surface area (Å²) in [5, 5.41) is 9.36. The van der Waals surface area contributed by atoms with E-state index >= 15 is 0 Å². The van der Waals surface area contributed by atoms with Crippen molar-refractivity contribution in [3.8, 4) is 0 Å². The maximum atomic E-state index is 13.0. The Bertz CT molecular complexity index is 651. The van der Waals surface area contributed by atoms with Gasteiger partial charge in [0.15, 0.2) is 0 Å². The summed E-state index contributed by atoms with van der Waals surface area (Å²) in [5.41, 5.74) is -0.310. The number of carbonyl (C=O) groups is 1. The van der Waals surface area contributed by atoms with Crippen LogP contribution in [-0.4, -0.2) is 21.0 Å². The highest BCUT2D eigenvalue weighted by molar-refractivity contribution is 5.86. The van der Waals surface area contributed by atoms with Crippen molar-refractivity contribution in [2.45, 2.75) is 12.8 Å². The van der Waals surface area contributed by atoms with Crippen molar-refractivity contribution >= 4 is 16.9 Å². The van der Waals surface area contributed by atoms with Gasteiger partial charge in [-0.3, -0.25) is 4.79 Å². The van der Waals surface area contributed by atoms with Gasteiger partial charge in [0.25, 0.3) is 0 Å². The number of aromatic amines is 1. The van der Waals surface area contributed by atoms with Gasteiger partial charge in [-0.05, 0) is 19.1 Å². The quantitative estimate of drug-likeness (QED) is 0.822. The average Bonchev–Trinajstić information content (AvgIpc) is 2.26. The Kier molecular flexibility index (Phi) is 2.63. The fourth-order valence-electron chi connectivity index (χ4n) is 1.61. The van der Waals surface area contributed by atoms with E-state index in [1.165, 1.54) is 19.1 Å². The topological polar surface area (TPSA) is 83.0 Å². The number of H-pyrrole nitrogens is 1. The molecule has 17 heavy (non-hydrogen) atoms. The summed E-state index contributed by atoms with van der Waals surface area (Å²) in [6, 6.07) is 3.70.